The summed E-state index contributed by atoms with van der Waals surface area (Å²) in [4.78, 5) is 4.25. The molecule has 0 aliphatic carbocycles. The average Bonchev–Trinajstić information content (AvgIpc) is 2.53. The lowest BCUT2D eigenvalue weighted by Gasteiger charge is -2.22. The zero-order valence-electron chi connectivity index (χ0n) is 7.62. The second-order valence-electron chi connectivity index (χ2n) is 3.21. The molecule has 2 heterocycles. The highest BCUT2D eigenvalue weighted by atomic mass is 32.1. The molecular weight excluding hydrogens is 186 g/mol. The first-order valence-electron chi connectivity index (χ1n) is 4.49. The SMILES string of the molecule is Cc1nsc(NC2CCCOC2)n1. The van der Waals surface area contributed by atoms with Crippen molar-refractivity contribution in [2.24, 2.45) is 0 Å². The number of anilines is 1. The molecule has 0 spiro atoms. The molecule has 2 rings (SSSR count). The smallest absolute Gasteiger partial charge is 0.202 e. The molecule has 1 aliphatic heterocycles. The summed E-state index contributed by atoms with van der Waals surface area (Å²) in [5.41, 5.74) is 0. The molecule has 1 aromatic rings. The molecular formula is C8H13N3OS. The van der Waals surface area contributed by atoms with Crippen LogP contribution in [0.2, 0.25) is 0 Å². The third kappa shape index (κ3) is 2.38. The Morgan fingerprint density at radius 2 is 2.54 bits per heavy atom. The van der Waals surface area contributed by atoms with Gasteiger partial charge < -0.3 is 10.1 Å². The molecule has 4 nitrogen and oxygen atoms in total. The van der Waals surface area contributed by atoms with Gasteiger partial charge in [0.05, 0.1) is 12.6 Å². The second kappa shape index (κ2) is 4.02. The van der Waals surface area contributed by atoms with E-state index in [9.17, 15) is 0 Å². The van der Waals surface area contributed by atoms with E-state index < -0.39 is 0 Å². The van der Waals surface area contributed by atoms with Crippen LogP contribution in [0.1, 0.15) is 18.7 Å². The Morgan fingerprint density at radius 3 is 3.15 bits per heavy atom. The summed E-state index contributed by atoms with van der Waals surface area (Å²) in [5, 5.41) is 4.23. The zero-order chi connectivity index (χ0) is 9.10. The van der Waals surface area contributed by atoms with Crippen molar-refractivity contribution < 1.29 is 4.74 Å². The number of nitrogens with one attached hydrogen (secondary N) is 1. The Kier molecular flexibility index (Phi) is 2.75. The highest BCUT2D eigenvalue weighted by molar-refractivity contribution is 7.09. The molecule has 1 saturated heterocycles. The molecule has 1 N–H and O–H groups in total. The molecule has 1 aromatic heterocycles. The van der Waals surface area contributed by atoms with Crippen LogP contribution in [0.5, 0.6) is 0 Å². The lowest BCUT2D eigenvalue weighted by Crippen LogP contribution is -2.29. The molecule has 1 unspecified atom stereocenters. The van der Waals surface area contributed by atoms with Gasteiger partial charge in [0.2, 0.25) is 5.13 Å². The maximum atomic E-state index is 5.36. The van der Waals surface area contributed by atoms with Crippen LogP contribution >= 0.6 is 11.5 Å². The lowest BCUT2D eigenvalue weighted by atomic mass is 10.1. The predicted octanol–water partition coefficient (Wildman–Crippen LogP) is 1.44. The molecule has 1 atom stereocenters. The number of aromatic nitrogens is 2. The Labute approximate surface area is 81.5 Å². The molecule has 0 bridgehead atoms. The standard InChI is InChI=1S/C8H13N3OS/c1-6-9-8(13-11-6)10-7-3-2-4-12-5-7/h7H,2-5H2,1H3,(H,9,10,11). The molecule has 0 saturated carbocycles. The molecule has 0 amide bonds. The van der Waals surface area contributed by atoms with Crippen LogP contribution < -0.4 is 5.32 Å². The van der Waals surface area contributed by atoms with E-state index in [1.54, 1.807) is 0 Å². The van der Waals surface area contributed by atoms with Gasteiger partial charge in [-0.25, -0.2) is 4.98 Å². The van der Waals surface area contributed by atoms with Crippen LogP contribution in [-0.4, -0.2) is 28.6 Å². The molecule has 1 aliphatic rings. The fourth-order valence-corrected chi connectivity index (χ4v) is 2.04. The van der Waals surface area contributed by atoms with Gasteiger partial charge in [-0.1, -0.05) is 0 Å². The minimum Gasteiger partial charge on any atom is -0.379 e. The number of hydrogen-bond donors (Lipinski definition) is 1. The van der Waals surface area contributed by atoms with E-state index in [0.29, 0.717) is 6.04 Å². The molecule has 72 valence electrons. The minimum atomic E-state index is 0.418. The van der Waals surface area contributed by atoms with E-state index in [1.807, 2.05) is 6.92 Å². The Hall–Kier alpha value is -0.680. The summed E-state index contributed by atoms with van der Waals surface area (Å²) in [7, 11) is 0. The summed E-state index contributed by atoms with van der Waals surface area (Å²) >= 11 is 1.42. The van der Waals surface area contributed by atoms with Crippen LogP contribution in [0, 0.1) is 6.92 Å². The number of rotatable bonds is 2. The van der Waals surface area contributed by atoms with Gasteiger partial charge in [-0.3, -0.25) is 0 Å². The average molecular weight is 199 g/mol. The van der Waals surface area contributed by atoms with E-state index in [-0.39, 0.29) is 0 Å². The molecule has 0 radical (unpaired) electrons. The summed E-state index contributed by atoms with van der Waals surface area (Å²) in [6, 6.07) is 0.418. The summed E-state index contributed by atoms with van der Waals surface area (Å²) in [6.07, 6.45) is 2.30. The Bertz CT molecular complexity index is 270. The first-order chi connectivity index (χ1) is 6.34. The van der Waals surface area contributed by atoms with Gasteiger partial charge >= 0.3 is 0 Å². The molecule has 13 heavy (non-hydrogen) atoms. The van der Waals surface area contributed by atoms with Crippen LogP contribution in [0.3, 0.4) is 0 Å². The third-order valence-electron chi connectivity index (χ3n) is 2.02. The van der Waals surface area contributed by atoms with Crippen molar-refractivity contribution in [3.63, 3.8) is 0 Å². The van der Waals surface area contributed by atoms with E-state index in [4.69, 9.17) is 4.74 Å². The van der Waals surface area contributed by atoms with Crippen molar-refractivity contribution in [1.82, 2.24) is 9.36 Å². The molecule has 1 fully saturated rings. The number of nitrogens with zero attached hydrogens (tertiary/aromatic N) is 2. The highest BCUT2D eigenvalue weighted by Crippen LogP contribution is 2.15. The van der Waals surface area contributed by atoms with Gasteiger partial charge in [-0.05, 0) is 19.8 Å². The topological polar surface area (TPSA) is 47.0 Å². The third-order valence-corrected chi connectivity index (χ3v) is 2.75. The van der Waals surface area contributed by atoms with Crippen LogP contribution in [-0.2, 0) is 4.74 Å². The highest BCUT2D eigenvalue weighted by Gasteiger charge is 2.14. The van der Waals surface area contributed by atoms with Crippen molar-refractivity contribution in [2.45, 2.75) is 25.8 Å². The zero-order valence-corrected chi connectivity index (χ0v) is 8.43. The van der Waals surface area contributed by atoms with Crippen molar-refractivity contribution in [3.05, 3.63) is 5.82 Å². The van der Waals surface area contributed by atoms with E-state index >= 15 is 0 Å². The Morgan fingerprint density at radius 1 is 1.62 bits per heavy atom. The summed E-state index contributed by atoms with van der Waals surface area (Å²) < 4.78 is 9.46. The number of aryl methyl sites for hydroxylation is 1. The minimum absolute atomic E-state index is 0.418. The van der Waals surface area contributed by atoms with E-state index in [1.165, 1.54) is 18.0 Å². The Balaban J connectivity index is 1.89. The molecule has 5 heteroatoms. The lowest BCUT2D eigenvalue weighted by molar-refractivity contribution is 0.0876. The van der Waals surface area contributed by atoms with Gasteiger partial charge in [0.15, 0.2) is 0 Å². The van der Waals surface area contributed by atoms with Crippen LogP contribution in [0.25, 0.3) is 0 Å². The van der Waals surface area contributed by atoms with Gasteiger partial charge in [0, 0.05) is 18.1 Å². The maximum Gasteiger partial charge on any atom is 0.202 e. The largest absolute Gasteiger partial charge is 0.379 e. The first kappa shape index (κ1) is 8.90. The van der Waals surface area contributed by atoms with Crippen molar-refractivity contribution in [1.29, 1.82) is 0 Å². The second-order valence-corrected chi connectivity index (χ2v) is 3.96. The van der Waals surface area contributed by atoms with Crippen molar-refractivity contribution in [2.75, 3.05) is 18.5 Å². The quantitative estimate of drug-likeness (QED) is 0.783. The molecule has 0 aromatic carbocycles. The summed E-state index contributed by atoms with van der Waals surface area (Å²) in [5.74, 6) is 0.837. The fraction of sp³-hybridized carbons (Fsp3) is 0.750. The number of hydrogen-bond acceptors (Lipinski definition) is 5. The van der Waals surface area contributed by atoms with Crippen LogP contribution in [0.15, 0.2) is 0 Å². The van der Waals surface area contributed by atoms with E-state index in [0.717, 1.165) is 30.6 Å². The summed E-state index contributed by atoms with van der Waals surface area (Å²) in [6.45, 7) is 3.59. The fourth-order valence-electron chi connectivity index (χ4n) is 1.38. The first-order valence-corrected chi connectivity index (χ1v) is 5.26. The normalized spacial score (nSPS) is 23.0. The predicted molar refractivity (Wildman–Crippen MR) is 52.1 cm³/mol. The number of ether oxygens (including phenoxy) is 1. The van der Waals surface area contributed by atoms with E-state index in [2.05, 4.69) is 14.7 Å². The monoisotopic (exact) mass is 199 g/mol. The maximum absolute atomic E-state index is 5.36. The van der Waals surface area contributed by atoms with Crippen molar-refractivity contribution in [3.8, 4) is 0 Å². The van der Waals surface area contributed by atoms with Gasteiger partial charge in [0.25, 0.3) is 0 Å². The van der Waals surface area contributed by atoms with Crippen LogP contribution in [0.4, 0.5) is 5.13 Å². The van der Waals surface area contributed by atoms with Gasteiger partial charge in [0.1, 0.15) is 5.82 Å². The van der Waals surface area contributed by atoms with Crippen molar-refractivity contribution >= 4 is 16.7 Å². The van der Waals surface area contributed by atoms with Gasteiger partial charge in [-0.2, -0.15) is 4.37 Å². The van der Waals surface area contributed by atoms with Gasteiger partial charge in [-0.15, -0.1) is 0 Å².